The number of nitrogens with zero attached hydrogens (tertiary/aromatic N) is 2. The van der Waals surface area contributed by atoms with Gasteiger partial charge in [-0.3, -0.25) is 0 Å². The molecule has 2 aliphatic heterocycles. The molecule has 1 aliphatic carbocycles. The molecule has 0 radical (unpaired) electrons. The van der Waals surface area contributed by atoms with Gasteiger partial charge in [-0.2, -0.15) is 0 Å². The fourth-order valence-electron chi connectivity index (χ4n) is 5.23. The maximum Gasteiger partial charge on any atom is 0.174 e. The van der Waals surface area contributed by atoms with Gasteiger partial charge in [-0.25, -0.2) is 9.38 Å². The van der Waals surface area contributed by atoms with E-state index in [1.165, 1.54) is 28.8 Å². The Morgan fingerprint density at radius 1 is 0.892 bits per heavy atom. The van der Waals surface area contributed by atoms with Gasteiger partial charge in [-0.05, 0) is 102 Å². The highest BCUT2D eigenvalue weighted by Gasteiger charge is 2.40. The lowest BCUT2D eigenvalue weighted by molar-refractivity contribution is 0.413. The lowest BCUT2D eigenvalue weighted by Gasteiger charge is -2.40. The number of ether oxygens (including phenoxy) is 2. The summed E-state index contributed by atoms with van der Waals surface area (Å²) in [6.07, 6.45) is 5.28. The topological polar surface area (TPSA) is 34.1 Å². The van der Waals surface area contributed by atoms with Crippen LogP contribution in [0.4, 0.5) is 4.39 Å². The summed E-state index contributed by atoms with van der Waals surface area (Å²) in [4.78, 5) is 7.54. The fourth-order valence-corrected chi connectivity index (χ4v) is 6.16. The molecule has 6 rings (SSSR count). The zero-order chi connectivity index (χ0) is 25.4. The summed E-state index contributed by atoms with van der Waals surface area (Å²) in [5.74, 6) is 1.44. The minimum Gasteiger partial charge on any atom is -0.497 e. The standard InChI is InChI=1S/C31H27FN2O2S/c1-35-25-14-6-20(7-15-25)18-23-4-3-5-27-29(23)33-31-34(30(27)22-10-16-26(36-2)17-11-22)28(19-37-31)21-8-12-24(32)13-9-21/h6-19,30H,3-5H2,1-2H3. The molecule has 0 amide bonds. The molecule has 37 heavy (non-hydrogen) atoms. The number of thioether (sulfide) groups is 1. The van der Waals surface area contributed by atoms with Gasteiger partial charge in [-0.1, -0.05) is 36.0 Å². The highest BCUT2D eigenvalue weighted by atomic mass is 32.2. The molecule has 0 bridgehead atoms. The normalized spacial score (nSPS) is 19.8. The van der Waals surface area contributed by atoms with E-state index in [2.05, 4.69) is 40.6 Å². The maximum absolute atomic E-state index is 13.7. The monoisotopic (exact) mass is 510 g/mol. The fraction of sp³-hybridized carbons (Fsp3) is 0.194. The Bertz CT molecular complexity index is 1440. The molecule has 0 N–H and O–H groups in total. The predicted molar refractivity (Wildman–Crippen MR) is 149 cm³/mol. The van der Waals surface area contributed by atoms with Crippen LogP contribution in [-0.2, 0) is 0 Å². The summed E-state index contributed by atoms with van der Waals surface area (Å²) >= 11 is 1.63. The van der Waals surface area contributed by atoms with E-state index < -0.39 is 0 Å². The highest BCUT2D eigenvalue weighted by Crippen LogP contribution is 2.51. The molecule has 3 aliphatic rings. The van der Waals surface area contributed by atoms with Crippen molar-refractivity contribution < 1.29 is 13.9 Å². The number of benzene rings is 3. The average Bonchev–Trinajstić information content (AvgIpc) is 3.36. The number of hydrogen-bond acceptors (Lipinski definition) is 5. The molecule has 6 heteroatoms. The van der Waals surface area contributed by atoms with E-state index >= 15 is 0 Å². The van der Waals surface area contributed by atoms with Gasteiger partial charge >= 0.3 is 0 Å². The SMILES string of the molecule is COc1ccc(C=C2CCCC3=C2N=C2SC=C(c4ccc(F)cc4)N2C3c2ccc(OC)cc2)cc1. The summed E-state index contributed by atoms with van der Waals surface area (Å²) < 4.78 is 24.5. The Labute approximate surface area is 220 Å². The molecule has 3 aromatic rings. The second-order valence-electron chi connectivity index (χ2n) is 9.24. The molecular weight excluding hydrogens is 483 g/mol. The summed E-state index contributed by atoms with van der Waals surface area (Å²) in [5, 5.41) is 3.08. The van der Waals surface area contributed by atoms with Crippen LogP contribution in [0.1, 0.15) is 42.0 Å². The first-order valence-electron chi connectivity index (χ1n) is 12.4. The largest absolute Gasteiger partial charge is 0.497 e. The van der Waals surface area contributed by atoms with E-state index in [1.807, 2.05) is 36.4 Å². The summed E-state index contributed by atoms with van der Waals surface area (Å²) in [7, 11) is 3.37. The first kappa shape index (κ1) is 23.6. The Morgan fingerprint density at radius 3 is 2.24 bits per heavy atom. The predicted octanol–water partition coefficient (Wildman–Crippen LogP) is 7.82. The average molecular weight is 511 g/mol. The van der Waals surface area contributed by atoms with Crippen LogP contribution in [0.3, 0.4) is 0 Å². The summed E-state index contributed by atoms with van der Waals surface area (Å²) in [6, 6.07) is 23.2. The van der Waals surface area contributed by atoms with E-state index in [9.17, 15) is 4.39 Å². The van der Waals surface area contributed by atoms with Crippen LogP contribution >= 0.6 is 11.8 Å². The summed E-state index contributed by atoms with van der Waals surface area (Å²) in [6.45, 7) is 0. The van der Waals surface area contributed by atoms with Crippen LogP contribution in [-0.4, -0.2) is 24.3 Å². The molecule has 0 aromatic heterocycles. The molecule has 0 spiro atoms. The zero-order valence-electron chi connectivity index (χ0n) is 20.8. The van der Waals surface area contributed by atoms with Gasteiger partial charge in [0.25, 0.3) is 0 Å². The second-order valence-corrected chi connectivity index (χ2v) is 10.1. The van der Waals surface area contributed by atoms with E-state index in [0.717, 1.165) is 58.5 Å². The number of allylic oxidation sites excluding steroid dienone is 1. The second kappa shape index (κ2) is 9.94. The molecule has 0 fully saturated rings. The van der Waals surface area contributed by atoms with Crippen molar-refractivity contribution >= 4 is 28.7 Å². The first-order valence-corrected chi connectivity index (χ1v) is 13.3. The Kier molecular flexibility index (Phi) is 6.35. The molecular formula is C31H27FN2O2S. The van der Waals surface area contributed by atoms with Gasteiger partial charge in [0.15, 0.2) is 5.17 Å². The van der Waals surface area contributed by atoms with Gasteiger partial charge in [0, 0.05) is 5.41 Å². The molecule has 1 atom stereocenters. The molecule has 1 unspecified atom stereocenters. The lowest BCUT2D eigenvalue weighted by atomic mass is 9.82. The number of aliphatic imine (C=N–C) groups is 1. The van der Waals surface area contributed by atoms with Gasteiger partial charge in [0.05, 0.1) is 31.7 Å². The molecule has 3 aromatic carbocycles. The maximum atomic E-state index is 13.7. The van der Waals surface area contributed by atoms with Crippen LogP contribution in [0.5, 0.6) is 11.5 Å². The van der Waals surface area contributed by atoms with Gasteiger partial charge in [-0.15, -0.1) is 0 Å². The van der Waals surface area contributed by atoms with E-state index in [4.69, 9.17) is 14.5 Å². The van der Waals surface area contributed by atoms with Crippen LogP contribution in [0.15, 0.2) is 100 Å². The minimum atomic E-state index is -0.236. The third kappa shape index (κ3) is 4.46. The van der Waals surface area contributed by atoms with Crippen molar-refractivity contribution in [2.24, 2.45) is 4.99 Å². The van der Waals surface area contributed by atoms with Crippen molar-refractivity contribution in [2.45, 2.75) is 25.3 Å². The molecule has 4 nitrogen and oxygen atoms in total. The van der Waals surface area contributed by atoms with Crippen molar-refractivity contribution in [3.05, 3.63) is 118 Å². The number of halogens is 1. The number of fused-ring (bicyclic) bond motifs is 1. The molecule has 186 valence electrons. The number of methoxy groups -OCH3 is 2. The van der Waals surface area contributed by atoms with E-state index in [1.54, 1.807) is 26.0 Å². The Balaban J connectivity index is 1.46. The van der Waals surface area contributed by atoms with Gasteiger partial charge in [0.1, 0.15) is 17.3 Å². The zero-order valence-corrected chi connectivity index (χ0v) is 21.6. The number of rotatable bonds is 5. The van der Waals surface area contributed by atoms with Crippen molar-refractivity contribution in [3.8, 4) is 11.5 Å². The van der Waals surface area contributed by atoms with Gasteiger partial charge in [0.2, 0.25) is 0 Å². The Hall–Kier alpha value is -3.77. The highest BCUT2D eigenvalue weighted by molar-refractivity contribution is 8.16. The van der Waals surface area contributed by atoms with Crippen LogP contribution in [0.2, 0.25) is 0 Å². The smallest absolute Gasteiger partial charge is 0.174 e. The van der Waals surface area contributed by atoms with Gasteiger partial charge < -0.3 is 14.4 Å². The third-order valence-corrected chi connectivity index (χ3v) is 7.91. The quantitative estimate of drug-likeness (QED) is 0.350. The Morgan fingerprint density at radius 2 is 1.57 bits per heavy atom. The lowest BCUT2D eigenvalue weighted by Crippen LogP contribution is -2.34. The van der Waals surface area contributed by atoms with E-state index in [-0.39, 0.29) is 11.9 Å². The molecule has 0 saturated heterocycles. The van der Waals surface area contributed by atoms with Crippen LogP contribution in [0, 0.1) is 5.82 Å². The summed E-state index contributed by atoms with van der Waals surface area (Å²) in [5.41, 5.74) is 8.01. The van der Waals surface area contributed by atoms with Crippen molar-refractivity contribution in [1.82, 2.24) is 4.90 Å². The first-order chi connectivity index (χ1) is 18.1. The van der Waals surface area contributed by atoms with Crippen LogP contribution < -0.4 is 9.47 Å². The van der Waals surface area contributed by atoms with Crippen molar-refractivity contribution in [2.75, 3.05) is 14.2 Å². The minimum absolute atomic E-state index is 0.000670. The van der Waals surface area contributed by atoms with Crippen molar-refractivity contribution in [3.63, 3.8) is 0 Å². The molecule has 0 saturated carbocycles. The third-order valence-electron chi connectivity index (χ3n) is 7.07. The van der Waals surface area contributed by atoms with E-state index in [0.29, 0.717) is 0 Å². The number of amidine groups is 1. The van der Waals surface area contributed by atoms with Crippen LogP contribution in [0.25, 0.3) is 11.8 Å². The molecule has 2 heterocycles. The number of hydrogen-bond donors (Lipinski definition) is 0. The van der Waals surface area contributed by atoms with Crippen molar-refractivity contribution in [1.29, 1.82) is 0 Å².